The molecule has 0 amide bonds. The van der Waals surface area contributed by atoms with Crippen molar-refractivity contribution in [1.82, 2.24) is 0 Å². The lowest BCUT2D eigenvalue weighted by Gasteiger charge is -1.82. The molecule has 0 N–H and O–H groups in total. The highest BCUT2D eigenvalue weighted by atomic mass is 16.6. The summed E-state index contributed by atoms with van der Waals surface area (Å²) in [7, 11) is 4.31. The molecule has 0 aliphatic rings. The van der Waals surface area contributed by atoms with Crippen LogP contribution in [0, 0.1) is 0 Å². The normalized spacial score (nSPS) is 7.60. The third kappa shape index (κ3) is 3.98. The van der Waals surface area contributed by atoms with Gasteiger partial charge in [-0.05, 0) is 0 Å². The average molecular weight is 72.9 g/mol. The molecule has 0 aliphatic carbocycles. The fourth-order valence-electron chi connectivity index (χ4n) is 0.0962. The van der Waals surface area contributed by atoms with Crippen LogP contribution in [0.2, 0.25) is 0 Å². The summed E-state index contributed by atoms with van der Waals surface area (Å²) in [5.74, 6) is 0. The van der Waals surface area contributed by atoms with Crippen molar-refractivity contribution in [3.8, 4) is 0 Å². The molecule has 0 atom stereocenters. The quantitative estimate of drug-likeness (QED) is 0.422. The highest BCUT2D eigenvalue weighted by Crippen LogP contribution is 1.55. The predicted octanol–water partition coefficient (Wildman–Crippen LogP) is -0.187. The summed E-state index contributed by atoms with van der Waals surface area (Å²) in [6.07, 6.45) is 0. The number of hydrogen-bond acceptors (Lipinski definition) is 2. The fraction of sp³-hybridized carbons (Fsp3) is 1.00. The minimum Gasteiger partial charge on any atom is -0.416 e. The zero-order chi connectivity index (χ0) is 4.12. The molecule has 0 saturated carbocycles. The number of hydrogen-bond donors (Lipinski definition) is 0. The van der Waals surface area contributed by atoms with Crippen LogP contribution in [-0.2, 0) is 9.31 Å². The van der Waals surface area contributed by atoms with Gasteiger partial charge < -0.3 is 9.31 Å². The Kier molecular flexibility index (Phi) is 3.97. The molecule has 1 radical (unpaired) electrons. The lowest BCUT2D eigenvalue weighted by Crippen LogP contribution is -1.93. The molecule has 29 valence electrons. The van der Waals surface area contributed by atoms with Gasteiger partial charge in [0, 0.05) is 14.2 Å². The summed E-state index contributed by atoms with van der Waals surface area (Å²) in [5.41, 5.74) is 0. The second-order valence-electron chi connectivity index (χ2n) is 0.568. The topological polar surface area (TPSA) is 18.5 Å². The first kappa shape index (κ1) is 4.98. The van der Waals surface area contributed by atoms with Crippen LogP contribution in [0.5, 0.6) is 0 Å². The minimum atomic E-state index is 1.25. The monoisotopic (exact) mass is 73.0 g/mol. The van der Waals surface area contributed by atoms with Crippen LogP contribution in [-0.4, -0.2) is 21.9 Å². The van der Waals surface area contributed by atoms with E-state index in [1.165, 1.54) is 21.9 Å². The Balaban J connectivity index is 2.19. The third-order valence-corrected chi connectivity index (χ3v) is 0.192. The Bertz CT molecular complexity index is 15.1. The van der Waals surface area contributed by atoms with E-state index in [0.29, 0.717) is 0 Å². The summed E-state index contributed by atoms with van der Waals surface area (Å²) in [5, 5.41) is 0. The molecule has 0 heterocycles. The van der Waals surface area contributed by atoms with Crippen molar-refractivity contribution in [1.29, 1.82) is 0 Å². The second kappa shape index (κ2) is 3.98. The van der Waals surface area contributed by atoms with Gasteiger partial charge in [0.25, 0.3) is 0 Å². The van der Waals surface area contributed by atoms with Crippen molar-refractivity contribution < 1.29 is 9.31 Å². The van der Waals surface area contributed by atoms with Crippen LogP contribution in [0.15, 0.2) is 0 Å². The van der Waals surface area contributed by atoms with Gasteiger partial charge >= 0.3 is 7.69 Å². The van der Waals surface area contributed by atoms with Crippen LogP contribution < -0.4 is 0 Å². The summed E-state index contributed by atoms with van der Waals surface area (Å²) in [4.78, 5) is 0. The van der Waals surface area contributed by atoms with Gasteiger partial charge in [-0.15, -0.1) is 0 Å². The minimum absolute atomic E-state index is 1.25. The Morgan fingerprint density at radius 1 is 1.20 bits per heavy atom. The van der Waals surface area contributed by atoms with E-state index in [1.807, 2.05) is 0 Å². The fourth-order valence-corrected chi connectivity index (χ4v) is 0.0962. The van der Waals surface area contributed by atoms with Gasteiger partial charge in [-0.25, -0.2) is 0 Å². The van der Waals surface area contributed by atoms with E-state index < -0.39 is 0 Å². The molecule has 0 bridgehead atoms. The predicted molar refractivity (Wildman–Crippen MR) is 19.8 cm³/mol. The van der Waals surface area contributed by atoms with Gasteiger partial charge in [-0.2, -0.15) is 0 Å². The van der Waals surface area contributed by atoms with Gasteiger partial charge in [0.15, 0.2) is 0 Å². The van der Waals surface area contributed by atoms with Gasteiger partial charge in [0.05, 0.1) is 0 Å². The van der Waals surface area contributed by atoms with E-state index >= 15 is 0 Å². The van der Waals surface area contributed by atoms with Crippen molar-refractivity contribution >= 4 is 7.69 Å². The van der Waals surface area contributed by atoms with Crippen molar-refractivity contribution in [3.63, 3.8) is 0 Å². The average Bonchev–Trinajstić information content (AvgIpc) is 1.41. The van der Waals surface area contributed by atoms with Crippen molar-refractivity contribution in [2.24, 2.45) is 0 Å². The van der Waals surface area contributed by atoms with E-state index in [2.05, 4.69) is 9.31 Å². The molecule has 0 spiro atoms. The van der Waals surface area contributed by atoms with Crippen molar-refractivity contribution in [3.05, 3.63) is 0 Å². The van der Waals surface area contributed by atoms with Gasteiger partial charge in [0.2, 0.25) is 0 Å². The first-order chi connectivity index (χ1) is 2.41. The molecule has 0 aromatic carbocycles. The second-order valence-corrected chi connectivity index (χ2v) is 0.568. The lowest BCUT2D eigenvalue weighted by molar-refractivity contribution is 0.309. The van der Waals surface area contributed by atoms with Crippen LogP contribution >= 0.6 is 0 Å². The summed E-state index contributed by atoms with van der Waals surface area (Å²) >= 11 is 0. The molecule has 0 aliphatic heterocycles. The highest BCUT2D eigenvalue weighted by molar-refractivity contribution is 6.17. The maximum atomic E-state index is 4.34. The Morgan fingerprint density at radius 3 is 1.60 bits per heavy atom. The number of rotatable bonds is 2. The molecule has 0 aromatic heterocycles. The molecule has 0 aromatic rings. The van der Waals surface area contributed by atoms with Crippen LogP contribution in [0.1, 0.15) is 0 Å². The van der Waals surface area contributed by atoms with E-state index in [9.17, 15) is 0 Å². The van der Waals surface area contributed by atoms with Gasteiger partial charge in [-0.3, -0.25) is 0 Å². The van der Waals surface area contributed by atoms with Crippen molar-refractivity contribution in [2.45, 2.75) is 0 Å². The molecular formula is C2H6BO2. The van der Waals surface area contributed by atoms with E-state index in [4.69, 9.17) is 0 Å². The van der Waals surface area contributed by atoms with Gasteiger partial charge in [-0.1, -0.05) is 0 Å². The summed E-state index contributed by atoms with van der Waals surface area (Å²) in [6.45, 7) is 0. The van der Waals surface area contributed by atoms with E-state index in [0.717, 1.165) is 0 Å². The lowest BCUT2D eigenvalue weighted by atomic mass is 10.4. The first-order valence-corrected chi connectivity index (χ1v) is 1.29. The Morgan fingerprint density at radius 2 is 1.60 bits per heavy atom. The zero-order valence-corrected chi connectivity index (χ0v) is 3.39. The molecule has 0 unspecified atom stereocenters. The third-order valence-electron chi connectivity index (χ3n) is 0.192. The SMILES string of the molecule is CO[B]OC. The first-order valence-electron chi connectivity index (χ1n) is 1.29. The molecule has 3 heteroatoms. The molecule has 0 rings (SSSR count). The highest BCUT2D eigenvalue weighted by Gasteiger charge is 1.75. The van der Waals surface area contributed by atoms with E-state index in [-0.39, 0.29) is 0 Å². The molecule has 0 fully saturated rings. The van der Waals surface area contributed by atoms with Crippen LogP contribution in [0.3, 0.4) is 0 Å². The van der Waals surface area contributed by atoms with Crippen molar-refractivity contribution in [2.75, 3.05) is 14.2 Å². The Labute approximate surface area is 32.4 Å². The largest absolute Gasteiger partial charge is 0.487 e. The van der Waals surface area contributed by atoms with Gasteiger partial charge in [0.1, 0.15) is 0 Å². The van der Waals surface area contributed by atoms with E-state index in [1.54, 1.807) is 0 Å². The molecular weight excluding hydrogens is 66.8 g/mol. The van der Waals surface area contributed by atoms with Crippen LogP contribution in [0.4, 0.5) is 0 Å². The summed E-state index contributed by atoms with van der Waals surface area (Å²) in [6, 6.07) is 0. The Hall–Kier alpha value is -0.0151. The molecule has 5 heavy (non-hydrogen) atoms. The molecule has 2 nitrogen and oxygen atoms in total. The smallest absolute Gasteiger partial charge is 0.416 e. The molecule has 0 saturated heterocycles. The summed E-state index contributed by atoms with van der Waals surface area (Å²) < 4.78 is 8.69. The zero-order valence-electron chi connectivity index (χ0n) is 3.39. The van der Waals surface area contributed by atoms with Crippen LogP contribution in [0.25, 0.3) is 0 Å². The standard InChI is InChI=1S/C2H6BO2/c1-4-3-5-2/h1-2H3. The maximum Gasteiger partial charge on any atom is 0.487 e. The maximum absolute atomic E-state index is 4.34.